The van der Waals surface area contributed by atoms with Crippen molar-refractivity contribution in [2.24, 2.45) is 0 Å². The predicted octanol–water partition coefficient (Wildman–Crippen LogP) is 3.73. The summed E-state index contributed by atoms with van der Waals surface area (Å²) in [6.07, 6.45) is 0. The molecular weight excluding hydrogens is 282 g/mol. The van der Waals surface area contributed by atoms with Gasteiger partial charge in [0.05, 0.1) is 22.2 Å². The summed E-state index contributed by atoms with van der Waals surface area (Å²) in [5.74, 6) is -0.112. The SMILES string of the molecule is COc1ccc2nc(-c3ccc(C(=O)O)s3)sc2c1. The summed E-state index contributed by atoms with van der Waals surface area (Å²) in [7, 11) is 1.63. The van der Waals surface area contributed by atoms with Gasteiger partial charge in [-0.05, 0) is 30.3 Å². The highest BCUT2D eigenvalue weighted by atomic mass is 32.1. The maximum absolute atomic E-state index is 10.9. The number of benzene rings is 1. The van der Waals surface area contributed by atoms with E-state index in [2.05, 4.69) is 4.98 Å². The second-order valence-electron chi connectivity index (χ2n) is 3.82. The highest BCUT2D eigenvalue weighted by Crippen LogP contribution is 2.35. The average Bonchev–Trinajstić information content (AvgIpc) is 3.04. The summed E-state index contributed by atoms with van der Waals surface area (Å²) in [4.78, 5) is 16.6. The number of carboxylic acids is 1. The van der Waals surface area contributed by atoms with E-state index in [0.717, 1.165) is 25.9 Å². The predicted molar refractivity (Wildman–Crippen MR) is 76.4 cm³/mol. The van der Waals surface area contributed by atoms with Crippen molar-refractivity contribution < 1.29 is 14.6 Å². The van der Waals surface area contributed by atoms with Gasteiger partial charge in [-0.2, -0.15) is 0 Å². The molecule has 3 rings (SSSR count). The summed E-state index contributed by atoms with van der Waals surface area (Å²) >= 11 is 2.77. The summed E-state index contributed by atoms with van der Waals surface area (Å²) in [6, 6.07) is 9.10. The number of hydrogen-bond acceptors (Lipinski definition) is 5. The Hall–Kier alpha value is -1.92. The van der Waals surface area contributed by atoms with Crippen LogP contribution in [0.25, 0.3) is 20.1 Å². The average molecular weight is 291 g/mol. The Kier molecular flexibility index (Phi) is 2.96. The summed E-state index contributed by atoms with van der Waals surface area (Å²) < 4.78 is 6.20. The van der Waals surface area contributed by atoms with Crippen molar-refractivity contribution in [3.8, 4) is 15.6 Å². The fourth-order valence-electron chi connectivity index (χ4n) is 1.71. The molecule has 19 heavy (non-hydrogen) atoms. The van der Waals surface area contributed by atoms with Crippen molar-refractivity contribution in [2.75, 3.05) is 7.11 Å². The molecule has 0 aliphatic rings. The third-order valence-electron chi connectivity index (χ3n) is 2.62. The van der Waals surface area contributed by atoms with Crippen molar-refractivity contribution in [3.05, 3.63) is 35.2 Å². The van der Waals surface area contributed by atoms with Crippen LogP contribution in [0, 0.1) is 0 Å². The molecule has 0 spiro atoms. The number of thiazole rings is 1. The normalized spacial score (nSPS) is 10.8. The molecule has 6 heteroatoms. The third kappa shape index (κ3) is 2.20. The van der Waals surface area contributed by atoms with Crippen LogP contribution in [0.4, 0.5) is 0 Å². The quantitative estimate of drug-likeness (QED) is 0.798. The monoisotopic (exact) mass is 291 g/mol. The van der Waals surface area contributed by atoms with E-state index < -0.39 is 5.97 Å². The molecule has 0 amide bonds. The van der Waals surface area contributed by atoms with Crippen LogP contribution >= 0.6 is 22.7 Å². The molecule has 0 fully saturated rings. The van der Waals surface area contributed by atoms with Crippen LogP contribution in [-0.4, -0.2) is 23.2 Å². The van der Waals surface area contributed by atoms with Gasteiger partial charge in [-0.15, -0.1) is 22.7 Å². The molecule has 0 atom stereocenters. The number of rotatable bonds is 3. The van der Waals surface area contributed by atoms with Crippen LogP contribution < -0.4 is 4.74 Å². The molecule has 96 valence electrons. The smallest absolute Gasteiger partial charge is 0.345 e. The molecule has 1 aromatic carbocycles. The second-order valence-corrected chi connectivity index (χ2v) is 5.94. The molecule has 3 aromatic rings. The molecular formula is C13H9NO3S2. The van der Waals surface area contributed by atoms with E-state index in [9.17, 15) is 4.79 Å². The van der Waals surface area contributed by atoms with E-state index in [-0.39, 0.29) is 0 Å². The van der Waals surface area contributed by atoms with Gasteiger partial charge in [0.2, 0.25) is 0 Å². The van der Waals surface area contributed by atoms with Crippen molar-refractivity contribution in [3.63, 3.8) is 0 Å². The lowest BCUT2D eigenvalue weighted by atomic mass is 10.3. The van der Waals surface area contributed by atoms with Gasteiger partial charge in [0, 0.05) is 0 Å². The Balaban J connectivity index is 2.06. The molecule has 0 aliphatic carbocycles. The Labute approximate surface area is 116 Å². The minimum Gasteiger partial charge on any atom is -0.497 e. The van der Waals surface area contributed by atoms with Crippen LogP contribution in [0.3, 0.4) is 0 Å². The molecule has 0 unspecified atom stereocenters. The number of ether oxygens (including phenoxy) is 1. The lowest BCUT2D eigenvalue weighted by molar-refractivity contribution is 0.0702. The van der Waals surface area contributed by atoms with Crippen LogP contribution in [-0.2, 0) is 0 Å². The standard InChI is InChI=1S/C13H9NO3S2/c1-17-7-2-3-8-11(6-7)19-12(14-8)9-4-5-10(18-9)13(15)16/h2-6H,1H3,(H,15,16). The Morgan fingerprint density at radius 2 is 2.11 bits per heavy atom. The lowest BCUT2D eigenvalue weighted by Gasteiger charge is -1.96. The zero-order valence-corrected chi connectivity index (χ0v) is 11.5. The van der Waals surface area contributed by atoms with Gasteiger partial charge in [0.1, 0.15) is 15.6 Å². The second kappa shape index (κ2) is 4.64. The maximum atomic E-state index is 10.9. The summed E-state index contributed by atoms with van der Waals surface area (Å²) in [5.41, 5.74) is 0.895. The topological polar surface area (TPSA) is 59.4 Å². The van der Waals surface area contributed by atoms with Crippen LogP contribution in [0.1, 0.15) is 9.67 Å². The number of methoxy groups -OCH3 is 1. The summed E-state index contributed by atoms with van der Waals surface area (Å²) in [5, 5.41) is 9.76. The van der Waals surface area contributed by atoms with Gasteiger partial charge in [-0.1, -0.05) is 0 Å². The van der Waals surface area contributed by atoms with E-state index in [1.54, 1.807) is 19.2 Å². The van der Waals surface area contributed by atoms with E-state index in [0.29, 0.717) is 4.88 Å². The first-order valence-electron chi connectivity index (χ1n) is 5.45. The maximum Gasteiger partial charge on any atom is 0.345 e. The van der Waals surface area contributed by atoms with E-state index in [1.165, 1.54) is 22.7 Å². The molecule has 0 saturated heterocycles. The van der Waals surface area contributed by atoms with Gasteiger partial charge >= 0.3 is 5.97 Å². The molecule has 0 aliphatic heterocycles. The van der Waals surface area contributed by atoms with Crippen LogP contribution in [0.5, 0.6) is 5.75 Å². The number of aromatic nitrogens is 1. The number of thiophene rings is 1. The van der Waals surface area contributed by atoms with Crippen molar-refractivity contribution in [1.29, 1.82) is 0 Å². The fraction of sp³-hybridized carbons (Fsp3) is 0.0769. The lowest BCUT2D eigenvalue weighted by Crippen LogP contribution is -1.89. The fourth-order valence-corrected chi connectivity index (χ4v) is 3.60. The molecule has 0 saturated carbocycles. The highest BCUT2D eigenvalue weighted by molar-refractivity contribution is 7.26. The zero-order chi connectivity index (χ0) is 13.4. The van der Waals surface area contributed by atoms with Gasteiger partial charge < -0.3 is 9.84 Å². The Bertz CT molecular complexity index is 760. The van der Waals surface area contributed by atoms with Crippen LogP contribution in [0.2, 0.25) is 0 Å². The largest absolute Gasteiger partial charge is 0.497 e. The number of carbonyl (C=O) groups is 1. The molecule has 0 radical (unpaired) electrons. The van der Waals surface area contributed by atoms with Crippen molar-refractivity contribution in [2.45, 2.75) is 0 Å². The Morgan fingerprint density at radius 1 is 1.26 bits per heavy atom. The van der Waals surface area contributed by atoms with Gasteiger partial charge in [0.25, 0.3) is 0 Å². The van der Waals surface area contributed by atoms with Crippen molar-refractivity contribution >= 4 is 38.9 Å². The first-order chi connectivity index (χ1) is 9.17. The van der Waals surface area contributed by atoms with Gasteiger partial charge in [-0.25, -0.2) is 9.78 Å². The molecule has 4 nitrogen and oxygen atoms in total. The van der Waals surface area contributed by atoms with Crippen LogP contribution in [0.15, 0.2) is 30.3 Å². The Morgan fingerprint density at radius 3 is 2.79 bits per heavy atom. The van der Waals surface area contributed by atoms with E-state index in [1.807, 2.05) is 18.2 Å². The molecule has 2 aromatic heterocycles. The van der Waals surface area contributed by atoms with Crippen molar-refractivity contribution in [1.82, 2.24) is 4.98 Å². The molecule has 1 N–H and O–H groups in total. The minimum atomic E-state index is -0.904. The number of nitrogens with zero attached hydrogens (tertiary/aromatic N) is 1. The summed E-state index contributed by atoms with van der Waals surface area (Å²) in [6.45, 7) is 0. The number of aromatic carboxylic acids is 1. The first kappa shape index (κ1) is 12.1. The molecule has 2 heterocycles. The third-order valence-corrected chi connectivity index (χ3v) is 4.88. The first-order valence-corrected chi connectivity index (χ1v) is 7.09. The minimum absolute atomic E-state index is 0.326. The highest BCUT2D eigenvalue weighted by Gasteiger charge is 2.12. The number of fused-ring (bicyclic) bond motifs is 1. The van der Waals surface area contributed by atoms with Gasteiger partial charge in [0.15, 0.2) is 0 Å². The van der Waals surface area contributed by atoms with E-state index >= 15 is 0 Å². The number of carboxylic acid groups (broad SMARTS) is 1. The van der Waals surface area contributed by atoms with E-state index in [4.69, 9.17) is 9.84 Å². The van der Waals surface area contributed by atoms with Gasteiger partial charge in [-0.3, -0.25) is 0 Å². The molecule has 0 bridgehead atoms. The number of hydrogen-bond donors (Lipinski definition) is 1. The zero-order valence-electron chi connectivity index (χ0n) is 9.91.